The van der Waals surface area contributed by atoms with Gasteiger partial charge in [0.05, 0.1) is 11.5 Å². The third kappa shape index (κ3) is 3.07. The number of hydrogen-bond donors (Lipinski definition) is 0. The summed E-state index contributed by atoms with van der Waals surface area (Å²) in [5.41, 5.74) is 2.26. The molecule has 1 amide bonds. The van der Waals surface area contributed by atoms with Gasteiger partial charge in [-0.1, -0.05) is 30.4 Å². The van der Waals surface area contributed by atoms with Crippen LogP contribution >= 0.6 is 0 Å². The maximum absolute atomic E-state index is 12.2. The van der Waals surface area contributed by atoms with Gasteiger partial charge in [-0.2, -0.15) is 0 Å². The van der Waals surface area contributed by atoms with Crippen LogP contribution in [0.3, 0.4) is 0 Å². The second kappa shape index (κ2) is 6.07. The molecule has 6 nitrogen and oxygen atoms in total. The lowest BCUT2D eigenvalue weighted by Gasteiger charge is -2.19. The van der Waals surface area contributed by atoms with E-state index in [2.05, 4.69) is 9.98 Å². The fourth-order valence-electron chi connectivity index (χ4n) is 3.20. The molecular formula is C18H17N3O3S. The van der Waals surface area contributed by atoms with Gasteiger partial charge in [-0.25, -0.2) is 18.4 Å². The Balaban J connectivity index is 1.52. The van der Waals surface area contributed by atoms with E-state index in [1.807, 2.05) is 36.4 Å². The zero-order chi connectivity index (χ0) is 17.4. The number of aliphatic imine (C=N–C) groups is 1. The molecule has 0 bridgehead atoms. The number of sulfonamides is 1. The van der Waals surface area contributed by atoms with Crippen LogP contribution in [-0.4, -0.2) is 37.3 Å². The van der Waals surface area contributed by atoms with Crippen molar-refractivity contribution in [2.24, 2.45) is 10.9 Å². The van der Waals surface area contributed by atoms with Gasteiger partial charge < -0.3 is 0 Å². The number of pyridine rings is 1. The molecule has 0 aromatic carbocycles. The fourth-order valence-corrected chi connectivity index (χ4v) is 4.71. The second-order valence-corrected chi connectivity index (χ2v) is 8.26. The highest BCUT2D eigenvalue weighted by atomic mass is 32.2. The highest BCUT2D eigenvalue weighted by Crippen LogP contribution is 2.24. The van der Waals surface area contributed by atoms with Gasteiger partial charge in [0, 0.05) is 30.7 Å². The molecule has 3 heterocycles. The predicted molar refractivity (Wildman–Crippen MR) is 96.0 cm³/mol. The average molecular weight is 355 g/mol. The number of rotatable bonds is 3. The van der Waals surface area contributed by atoms with Crippen molar-refractivity contribution >= 4 is 27.5 Å². The van der Waals surface area contributed by atoms with E-state index < -0.39 is 10.0 Å². The van der Waals surface area contributed by atoms with Crippen LogP contribution in [0.1, 0.15) is 12.0 Å². The molecule has 7 heteroatoms. The smallest absolute Gasteiger partial charge is 0.267 e. The lowest BCUT2D eigenvalue weighted by molar-refractivity contribution is -0.114. The number of dihydropyridines is 1. The van der Waals surface area contributed by atoms with Crippen LogP contribution in [0.5, 0.6) is 0 Å². The zero-order valence-electron chi connectivity index (χ0n) is 13.5. The largest absolute Gasteiger partial charge is 0.273 e. The molecule has 0 spiro atoms. The summed E-state index contributed by atoms with van der Waals surface area (Å²) in [5.74, 6) is 0.421. The lowest BCUT2D eigenvalue weighted by atomic mass is 9.91. The maximum Gasteiger partial charge on any atom is 0.273 e. The number of aromatic nitrogens is 1. The lowest BCUT2D eigenvalue weighted by Crippen LogP contribution is -2.26. The first-order valence-electron chi connectivity index (χ1n) is 8.17. The van der Waals surface area contributed by atoms with Gasteiger partial charge in [-0.15, -0.1) is 0 Å². The van der Waals surface area contributed by atoms with Crippen molar-refractivity contribution in [1.82, 2.24) is 4.98 Å². The Morgan fingerprint density at radius 1 is 1.24 bits per heavy atom. The van der Waals surface area contributed by atoms with Crippen molar-refractivity contribution < 1.29 is 13.2 Å². The molecule has 0 radical (unpaired) electrons. The summed E-state index contributed by atoms with van der Waals surface area (Å²) in [7, 11) is -3.23. The summed E-state index contributed by atoms with van der Waals surface area (Å²) in [4.78, 5) is 20.6. The molecule has 4 rings (SSSR count). The number of carbonyl (C=O) groups excluding carboxylic acids is 1. The van der Waals surface area contributed by atoms with Gasteiger partial charge in [0.15, 0.2) is 0 Å². The number of fused-ring (bicyclic) bond motifs is 1. The first kappa shape index (κ1) is 16.0. The van der Waals surface area contributed by atoms with Crippen molar-refractivity contribution in [3.8, 4) is 0 Å². The molecule has 2 aliphatic heterocycles. The molecule has 1 saturated heterocycles. The molecule has 1 aliphatic carbocycles. The molecule has 0 N–H and O–H groups in total. The normalized spacial score (nSPS) is 24.1. The molecule has 1 unspecified atom stereocenters. The molecule has 1 fully saturated rings. The Kier molecular flexibility index (Phi) is 3.88. The summed E-state index contributed by atoms with van der Waals surface area (Å²) in [6, 6.07) is 3.52. The number of hydrogen-bond acceptors (Lipinski definition) is 4. The summed E-state index contributed by atoms with van der Waals surface area (Å²) >= 11 is 0. The second-order valence-electron chi connectivity index (χ2n) is 6.25. The van der Waals surface area contributed by atoms with E-state index in [1.165, 1.54) is 4.31 Å². The number of allylic oxidation sites excluding steroid dienone is 5. The summed E-state index contributed by atoms with van der Waals surface area (Å²) in [5, 5.41) is 0. The van der Waals surface area contributed by atoms with Crippen molar-refractivity contribution in [3.63, 3.8) is 0 Å². The Labute approximate surface area is 146 Å². The molecule has 128 valence electrons. The predicted octanol–water partition coefficient (Wildman–Crippen LogP) is 1.81. The quantitative estimate of drug-likeness (QED) is 0.828. The van der Waals surface area contributed by atoms with E-state index in [1.54, 1.807) is 12.3 Å². The third-order valence-electron chi connectivity index (χ3n) is 4.48. The Hall–Kier alpha value is -2.54. The van der Waals surface area contributed by atoms with Gasteiger partial charge in [0.25, 0.3) is 5.91 Å². The van der Waals surface area contributed by atoms with E-state index >= 15 is 0 Å². The van der Waals surface area contributed by atoms with Crippen LogP contribution < -0.4 is 4.31 Å². The van der Waals surface area contributed by atoms with Gasteiger partial charge in [0.2, 0.25) is 10.0 Å². The maximum atomic E-state index is 12.2. The van der Waals surface area contributed by atoms with E-state index in [9.17, 15) is 13.2 Å². The van der Waals surface area contributed by atoms with Crippen LogP contribution in [-0.2, 0) is 21.2 Å². The van der Waals surface area contributed by atoms with E-state index in [0.29, 0.717) is 30.8 Å². The van der Waals surface area contributed by atoms with Crippen LogP contribution in [0.15, 0.2) is 59.3 Å². The third-order valence-corrected chi connectivity index (χ3v) is 6.33. The first-order chi connectivity index (χ1) is 12.0. The molecule has 1 atom stereocenters. The number of nitrogens with zero attached hydrogens (tertiary/aromatic N) is 3. The number of anilines is 1. The summed E-state index contributed by atoms with van der Waals surface area (Å²) in [6.07, 6.45) is 12.3. The molecule has 25 heavy (non-hydrogen) atoms. The van der Waals surface area contributed by atoms with Gasteiger partial charge >= 0.3 is 0 Å². The fraction of sp³-hybridized carbons (Fsp3) is 0.278. The van der Waals surface area contributed by atoms with Gasteiger partial charge in [-0.05, 0) is 24.1 Å². The van der Waals surface area contributed by atoms with Crippen molar-refractivity contribution in [3.05, 3.63) is 59.8 Å². The minimum absolute atomic E-state index is 0.0414. The van der Waals surface area contributed by atoms with E-state index in [-0.39, 0.29) is 17.6 Å². The summed E-state index contributed by atoms with van der Waals surface area (Å²) < 4.78 is 25.2. The Morgan fingerprint density at radius 2 is 2.12 bits per heavy atom. The number of carbonyl (C=O) groups is 1. The first-order valence-corrected chi connectivity index (χ1v) is 9.78. The number of amides is 1. The monoisotopic (exact) mass is 355 g/mol. The van der Waals surface area contributed by atoms with E-state index in [0.717, 1.165) is 11.3 Å². The van der Waals surface area contributed by atoms with Crippen molar-refractivity contribution in [2.45, 2.75) is 12.8 Å². The molecule has 1 aromatic rings. The zero-order valence-corrected chi connectivity index (χ0v) is 14.3. The van der Waals surface area contributed by atoms with Crippen molar-refractivity contribution in [2.75, 3.05) is 16.6 Å². The molecular weight excluding hydrogens is 338 g/mol. The minimum Gasteiger partial charge on any atom is -0.267 e. The van der Waals surface area contributed by atoms with E-state index in [4.69, 9.17) is 0 Å². The Morgan fingerprint density at radius 3 is 2.84 bits per heavy atom. The van der Waals surface area contributed by atoms with Crippen LogP contribution in [0.4, 0.5) is 5.82 Å². The summed E-state index contributed by atoms with van der Waals surface area (Å²) in [6.45, 7) is 0.470. The van der Waals surface area contributed by atoms with Gasteiger partial charge in [-0.3, -0.25) is 9.10 Å². The SMILES string of the molecule is O=C1N=C2C=CC=CC2C=C1Cc1ccc(N2CCCS2(=O)=O)nc1. The highest BCUT2D eigenvalue weighted by molar-refractivity contribution is 7.93. The molecule has 1 aromatic heterocycles. The standard InChI is InChI=1S/C18H17N3O3S/c22-18-15(11-14-4-1-2-5-16(14)20-18)10-13-6-7-17(19-12-13)21-8-3-9-25(21,23)24/h1-2,4-7,11-12,14H,3,8-10H2. The molecule has 3 aliphatic rings. The average Bonchev–Trinajstić information content (AvgIpc) is 2.95. The highest BCUT2D eigenvalue weighted by Gasteiger charge is 2.29. The van der Waals surface area contributed by atoms with Crippen LogP contribution in [0.25, 0.3) is 0 Å². The molecule has 0 saturated carbocycles. The van der Waals surface area contributed by atoms with Crippen molar-refractivity contribution in [1.29, 1.82) is 0 Å². The van der Waals surface area contributed by atoms with Gasteiger partial charge in [0.1, 0.15) is 5.82 Å². The Bertz CT molecular complexity index is 940. The van der Waals surface area contributed by atoms with Crippen LogP contribution in [0.2, 0.25) is 0 Å². The minimum atomic E-state index is -3.23. The van der Waals surface area contributed by atoms with Crippen LogP contribution in [0, 0.1) is 5.92 Å². The topological polar surface area (TPSA) is 79.7 Å².